The molecule has 0 N–H and O–H groups in total. The highest BCUT2D eigenvalue weighted by atomic mass is 19.1. The molecule has 0 bridgehead atoms. The minimum absolute atomic E-state index is 0.0353. The lowest BCUT2D eigenvalue weighted by Crippen LogP contribution is -2.57. The van der Waals surface area contributed by atoms with E-state index in [-0.39, 0.29) is 24.9 Å². The maximum atomic E-state index is 15.0. The third-order valence-corrected chi connectivity index (χ3v) is 8.17. The van der Waals surface area contributed by atoms with Crippen LogP contribution in [0.5, 0.6) is 6.01 Å². The smallest absolute Gasteiger partial charge is 0.318 e. The third-order valence-electron chi connectivity index (χ3n) is 8.17. The van der Waals surface area contributed by atoms with Gasteiger partial charge < -0.3 is 29.0 Å². The Hall–Kier alpha value is -4.30. The van der Waals surface area contributed by atoms with E-state index in [1.807, 2.05) is 29.2 Å². The first kappa shape index (κ1) is 28.8. The van der Waals surface area contributed by atoms with Crippen LogP contribution < -0.4 is 14.5 Å². The number of fused-ring (bicyclic) bond motifs is 2. The minimum Gasteiger partial charge on any atom is -0.463 e. The Morgan fingerprint density at radius 3 is 2.67 bits per heavy atom. The van der Waals surface area contributed by atoms with Gasteiger partial charge in [-0.05, 0) is 36.8 Å². The van der Waals surface area contributed by atoms with Crippen LogP contribution in [0.4, 0.5) is 20.3 Å². The van der Waals surface area contributed by atoms with E-state index >= 15 is 0 Å². The Kier molecular flexibility index (Phi) is 8.38. The Bertz CT molecular complexity index is 1570. The SMILES string of the molecule is [C-]#[N+]C[C@H]1CN(c2nc(OCCCOC3CC3)nc3c2CCN(c2cccc4cccc(F)c24)C3)CCN1C(=O)C(=C)F. The van der Waals surface area contributed by atoms with Crippen molar-refractivity contribution >= 4 is 28.2 Å². The van der Waals surface area contributed by atoms with E-state index in [4.69, 9.17) is 26.0 Å². The zero-order chi connectivity index (χ0) is 29.9. The molecule has 6 rings (SSSR count). The fraction of sp³-hybridized carbons (Fsp3) is 0.438. The number of carbonyl (C=O) groups is 1. The van der Waals surface area contributed by atoms with E-state index in [1.165, 1.54) is 11.0 Å². The summed E-state index contributed by atoms with van der Waals surface area (Å²) >= 11 is 0. The van der Waals surface area contributed by atoms with Gasteiger partial charge in [-0.2, -0.15) is 9.97 Å². The highest BCUT2D eigenvalue weighted by Gasteiger charge is 2.36. The maximum absolute atomic E-state index is 15.0. The van der Waals surface area contributed by atoms with E-state index in [2.05, 4.69) is 16.3 Å². The van der Waals surface area contributed by atoms with Crippen LogP contribution in [-0.2, 0) is 22.5 Å². The van der Waals surface area contributed by atoms with Gasteiger partial charge in [-0.25, -0.2) is 15.4 Å². The van der Waals surface area contributed by atoms with Crippen molar-refractivity contribution in [3.8, 4) is 6.01 Å². The summed E-state index contributed by atoms with van der Waals surface area (Å²) in [6, 6.07) is 10.6. The van der Waals surface area contributed by atoms with Crippen LogP contribution in [0.25, 0.3) is 15.6 Å². The summed E-state index contributed by atoms with van der Waals surface area (Å²) in [5.41, 5.74) is 2.54. The van der Waals surface area contributed by atoms with Crippen molar-refractivity contribution < 1.29 is 23.0 Å². The third kappa shape index (κ3) is 6.25. The number of halogens is 2. The van der Waals surface area contributed by atoms with Crippen LogP contribution in [-0.4, -0.2) is 78.9 Å². The first-order valence-corrected chi connectivity index (χ1v) is 14.7. The fourth-order valence-electron chi connectivity index (χ4n) is 5.90. The van der Waals surface area contributed by atoms with Crippen molar-refractivity contribution in [1.29, 1.82) is 0 Å². The van der Waals surface area contributed by atoms with Crippen molar-refractivity contribution in [1.82, 2.24) is 14.9 Å². The van der Waals surface area contributed by atoms with E-state index in [9.17, 15) is 13.6 Å². The molecule has 3 aliphatic rings. The number of nitrogens with zero attached hydrogens (tertiary/aromatic N) is 6. The number of hydrogen-bond acceptors (Lipinski definition) is 7. The second-order valence-corrected chi connectivity index (χ2v) is 11.2. The summed E-state index contributed by atoms with van der Waals surface area (Å²) < 4.78 is 40.5. The largest absolute Gasteiger partial charge is 0.463 e. The summed E-state index contributed by atoms with van der Waals surface area (Å²) in [4.78, 5) is 31.1. The Labute approximate surface area is 249 Å². The zero-order valence-corrected chi connectivity index (χ0v) is 24.0. The van der Waals surface area contributed by atoms with Gasteiger partial charge in [-0.3, -0.25) is 4.79 Å². The molecule has 2 fully saturated rings. The number of anilines is 2. The number of ether oxygens (including phenoxy) is 2. The van der Waals surface area contributed by atoms with E-state index in [0.29, 0.717) is 69.5 Å². The first-order valence-electron chi connectivity index (χ1n) is 14.7. The predicted molar refractivity (Wildman–Crippen MR) is 159 cm³/mol. The van der Waals surface area contributed by atoms with E-state index < -0.39 is 17.8 Å². The molecule has 0 unspecified atom stereocenters. The van der Waals surface area contributed by atoms with Crippen LogP contribution in [0.2, 0.25) is 0 Å². The van der Waals surface area contributed by atoms with Crippen LogP contribution in [0.3, 0.4) is 0 Å². The van der Waals surface area contributed by atoms with Crippen molar-refractivity contribution in [3.63, 3.8) is 0 Å². The monoisotopic (exact) mass is 588 g/mol. The lowest BCUT2D eigenvalue weighted by atomic mass is 10.0. The molecule has 224 valence electrons. The molecular weight excluding hydrogens is 554 g/mol. The molecule has 0 spiro atoms. The number of benzene rings is 2. The highest BCUT2D eigenvalue weighted by molar-refractivity contribution is 5.95. The number of piperazine rings is 1. The molecule has 1 saturated carbocycles. The number of aromatic nitrogens is 2. The average Bonchev–Trinajstić information content (AvgIpc) is 3.84. The molecule has 1 amide bonds. The van der Waals surface area contributed by atoms with Crippen molar-refractivity contribution in [3.05, 3.63) is 77.3 Å². The van der Waals surface area contributed by atoms with Gasteiger partial charge in [0.1, 0.15) is 17.7 Å². The number of hydrogen-bond donors (Lipinski definition) is 0. The molecule has 1 atom stereocenters. The molecule has 0 radical (unpaired) electrons. The summed E-state index contributed by atoms with van der Waals surface area (Å²) in [5, 5.41) is 1.41. The first-order chi connectivity index (χ1) is 20.9. The maximum Gasteiger partial charge on any atom is 0.318 e. The van der Waals surface area contributed by atoms with Crippen LogP contribution in [0.15, 0.2) is 48.8 Å². The fourth-order valence-corrected chi connectivity index (χ4v) is 5.90. The summed E-state index contributed by atoms with van der Waals surface area (Å²) in [5.74, 6) is -1.39. The predicted octanol–water partition coefficient (Wildman–Crippen LogP) is 4.70. The topological polar surface area (TPSA) is 75.4 Å². The lowest BCUT2D eigenvalue weighted by molar-refractivity contribution is -0.131. The van der Waals surface area contributed by atoms with Gasteiger partial charge >= 0.3 is 6.01 Å². The molecule has 3 heterocycles. The Balaban J connectivity index is 1.29. The molecule has 11 heteroatoms. The lowest BCUT2D eigenvalue weighted by Gasteiger charge is -2.41. The Morgan fingerprint density at radius 2 is 1.91 bits per heavy atom. The zero-order valence-electron chi connectivity index (χ0n) is 24.0. The summed E-state index contributed by atoms with van der Waals surface area (Å²) in [6.45, 7) is 13.6. The summed E-state index contributed by atoms with van der Waals surface area (Å²) in [6.07, 6.45) is 3.91. The van der Waals surface area contributed by atoms with Gasteiger partial charge in [-0.1, -0.05) is 30.8 Å². The van der Waals surface area contributed by atoms with Gasteiger partial charge in [0.05, 0.1) is 31.6 Å². The normalized spacial score (nSPS) is 18.3. The molecule has 1 saturated heterocycles. The number of amides is 1. The van der Waals surface area contributed by atoms with Gasteiger partial charge in [0, 0.05) is 49.2 Å². The molecular formula is C32H34F2N6O3. The van der Waals surface area contributed by atoms with Crippen molar-refractivity contribution in [2.75, 3.05) is 55.7 Å². The second kappa shape index (κ2) is 12.5. The standard InChI is InChI=1S/C32H34F2N6O3/c1-21(33)31(41)40-15-14-39(19-23(40)18-35-2)30-25-12-13-38(28-9-4-7-22-6-3-8-26(34)29(22)28)20-27(25)36-32(37-30)43-17-5-16-42-24-10-11-24/h3-4,6-9,23-24H,1,5,10-20H2/t23-/m0/s1. The summed E-state index contributed by atoms with van der Waals surface area (Å²) in [7, 11) is 0. The van der Waals surface area contributed by atoms with Crippen LogP contribution in [0, 0.1) is 12.4 Å². The average molecular weight is 589 g/mol. The van der Waals surface area contributed by atoms with Crippen LogP contribution >= 0.6 is 0 Å². The molecule has 3 aromatic rings. The quantitative estimate of drug-likeness (QED) is 0.193. The molecule has 2 aliphatic heterocycles. The van der Waals surface area contributed by atoms with Crippen LogP contribution in [0.1, 0.15) is 30.5 Å². The Morgan fingerprint density at radius 1 is 1.09 bits per heavy atom. The minimum atomic E-state index is -1.03. The molecule has 43 heavy (non-hydrogen) atoms. The van der Waals surface area contributed by atoms with Gasteiger partial charge in [-0.15, -0.1) is 0 Å². The van der Waals surface area contributed by atoms with E-state index in [0.717, 1.165) is 35.2 Å². The number of rotatable bonds is 10. The highest BCUT2D eigenvalue weighted by Crippen LogP contribution is 2.35. The van der Waals surface area contributed by atoms with Gasteiger partial charge in [0.25, 0.3) is 5.91 Å². The second-order valence-electron chi connectivity index (χ2n) is 11.2. The molecule has 1 aliphatic carbocycles. The van der Waals surface area contributed by atoms with E-state index in [1.54, 1.807) is 6.07 Å². The molecule has 1 aromatic heterocycles. The van der Waals surface area contributed by atoms with Crippen molar-refractivity contribution in [2.24, 2.45) is 0 Å². The molecule has 2 aromatic carbocycles. The van der Waals surface area contributed by atoms with Crippen molar-refractivity contribution in [2.45, 2.75) is 44.4 Å². The number of carbonyl (C=O) groups excluding carboxylic acids is 1. The van der Waals surface area contributed by atoms with Gasteiger partial charge in [0.2, 0.25) is 6.54 Å². The molecule has 9 nitrogen and oxygen atoms in total. The van der Waals surface area contributed by atoms with Gasteiger partial charge in [0.15, 0.2) is 5.83 Å².